The maximum absolute atomic E-state index is 4.63. The standard InChI is InChI=1S/C16H29N3/c1-12(13-8-6-7-9-13)17-10-14-11-19(5)18-15(14)16(2,3)4/h11-13,17H,6-10H2,1-5H3/t12-/m1/s1. The lowest BCUT2D eigenvalue weighted by atomic mass is 9.89. The summed E-state index contributed by atoms with van der Waals surface area (Å²) >= 11 is 0. The van der Waals surface area contributed by atoms with Gasteiger partial charge in [0.1, 0.15) is 0 Å². The first kappa shape index (κ1) is 14.6. The van der Waals surface area contributed by atoms with Gasteiger partial charge in [-0.05, 0) is 25.7 Å². The van der Waals surface area contributed by atoms with E-state index in [0.717, 1.165) is 12.5 Å². The molecular formula is C16H29N3. The van der Waals surface area contributed by atoms with Gasteiger partial charge in [-0.1, -0.05) is 33.6 Å². The summed E-state index contributed by atoms with van der Waals surface area (Å²) in [4.78, 5) is 0. The van der Waals surface area contributed by atoms with Crippen molar-refractivity contribution in [1.29, 1.82) is 0 Å². The summed E-state index contributed by atoms with van der Waals surface area (Å²) in [6, 6.07) is 0.621. The van der Waals surface area contributed by atoms with Crippen molar-refractivity contribution in [3.63, 3.8) is 0 Å². The summed E-state index contributed by atoms with van der Waals surface area (Å²) in [6.07, 6.45) is 7.78. The van der Waals surface area contributed by atoms with Crippen LogP contribution in [0.5, 0.6) is 0 Å². The molecule has 0 bridgehead atoms. The highest BCUT2D eigenvalue weighted by Crippen LogP contribution is 2.28. The van der Waals surface area contributed by atoms with Crippen LogP contribution in [0.25, 0.3) is 0 Å². The molecule has 108 valence electrons. The van der Waals surface area contributed by atoms with E-state index in [1.165, 1.54) is 36.9 Å². The van der Waals surface area contributed by atoms with Gasteiger partial charge in [0.2, 0.25) is 0 Å². The predicted molar refractivity (Wildman–Crippen MR) is 80.2 cm³/mol. The van der Waals surface area contributed by atoms with Crippen molar-refractivity contribution in [3.05, 3.63) is 17.5 Å². The molecule has 2 rings (SSSR count). The highest BCUT2D eigenvalue weighted by molar-refractivity contribution is 5.23. The van der Waals surface area contributed by atoms with E-state index in [1.54, 1.807) is 0 Å². The van der Waals surface area contributed by atoms with Gasteiger partial charge in [-0.3, -0.25) is 4.68 Å². The Balaban J connectivity index is 1.99. The Hall–Kier alpha value is -0.830. The molecule has 0 aliphatic heterocycles. The first-order valence-electron chi connectivity index (χ1n) is 7.64. The Bertz CT molecular complexity index is 408. The van der Waals surface area contributed by atoms with Gasteiger partial charge >= 0.3 is 0 Å². The fraction of sp³-hybridized carbons (Fsp3) is 0.812. The van der Waals surface area contributed by atoms with E-state index >= 15 is 0 Å². The van der Waals surface area contributed by atoms with Crippen LogP contribution in [0.2, 0.25) is 0 Å². The molecule has 1 aromatic heterocycles. The SMILES string of the molecule is C[C@@H](NCc1cn(C)nc1C(C)(C)C)C1CCCC1. The number of nitrogens with zero attached hydrogens (tertiary/aromatic N) is 2. The van der Waals surface area contributed by atoms with E-state index in [9.17, 15) is 0 Å². The van der Waals surface area contributed by atoms with Crippen molar-refractivity contribution in [2.45, 2.75) is 71.4 Å². The van der Waals surface area contributed by atoms with Crippen LogP contribution in [0.15, 0.2) is 6.20 Å². The van der Waals surface area contributed by atoms with E-state index < -0.39 is 0 Å². The van der Waals surface area contributed by atoms with Gasteiger partial charge in [0, 0.05) is 36.8 Å². The maximum atomic E-state index is 4.63. The Kier molecular flexibility index (Phi) is 4.34. The van der Waals surface area contributed by atoms with E-state index in [4.69, 9.17) is 0 Å². The summed E-state index contributed by atoms with van der Waals surface area (Å²) in [5.41, 5.74) is 2.69. The van der Waals surface area contributed by atoms with Gasteiger partial charge in [-0.2, -0.15) is 5.10 Å². The molecule has 0 saturated heterocycles. The molecule has 1 aliphatic carbocycles. The molecule has 0 amide bonds. The third-order valence-corrected chi connectivity index (χ3v) is 4.34. The van der Waals surface area contributed by atoms with Crippen LogP contribution >= 0.6 is 0 Å². The van der Waals surface area contributed by atoms with Crippen LogP contribution in [0.4, 0.5) is 0 Å². The van der Waals surface area contributed by atoms with E-state index in [0.29, 0.717) is 6.04 Å². The molecule has 0 spiro atoms. The van der Waals surface area contributed by atoms with Crippen LogP contribution in [0, 0.1) is 5.92 Å². The third kappa shape index (κ3) is 3.59. The quantitative estimate of drug-likeness (QED) is 0.902. The second kappa shape index (κ2) is 5.66. The summed E-state index contributed by atoms with van der Waals surface area (Å²) in [7, 11) is 2.01. The van der Waals surface area contributed by atoms with Gasteiger partial charge in [-0.25, -0.2) is 0 Å². The monoisotopic (exact) mass is 263 g/mol. The van der Waals surface area contributed by atoms with E-state index in [1.807, 2.05) is 11.7 Å². The summed E-state index contributed by atoms with van der Waals surface area (Å²) in [6.45, 7) is 9.99. The van der Waals surface area contributed by atoms with Gasteiger partial charge < -0.3 is 5.32 Å². The maximum Gasteiger partial charge on any atom is 0.0722 e. The van der Waals surface area contributed by atoms with Gasteiger partial charge in [0.05, 0.1) is 5.69 Å². The molecule has 3 heteroatoms. The molecule has 0 radical (unpaired) electrons. The van der Waals surface area contributed by atoms with Crippen molar-refractivity contribution in [3.8, 4) is 0 Å². The molecule has 1 heterocycles. The number of rotatable bonds is 4. The fourth-order valence-corrected chi connectivity index (χ4v) is 3.19. The normalized spacial score (nSPS) is 19.0. The summed E-state index contributed by atoms with van der Waals surface area (Å²) < 4.78 is 1.94. The Morgan fingerprint density at radius 3 is 2.58 bits per heavy atom. The zero-order valence-electron chi connectivity index (χ0n) is 13.2. The number of nitrogens with one attached hydrogen (secondary N) is 1. The van der Waals surface area contributed by atoms with Crippen molar-refractivity contribution in [1.82, 2.24) is 15.1 Å². The van der Waals surface area contributed by atoms with Crippen LogP contribution in [0.3, 0.4) is 0 Å². The Morgan fingerprint density at radius 1 is 1.37 bits per heavy atom. The molecule has 1 aliphatic rings. The predicted octanol–water partition coefficient (Wildman–Crippen LogP) is 3.39. The van der Waals surface area contributed by atoms with Gasteiger partial charge in [0.25, 0.3) is 0 Å². The number of hydrogen-bond acceptors (Lipinski definition) is 2. The molecule has 3 nitrogen and oxygen atoms in total. The Labute approximate surface area is 117 Å². The highest BCUT2D eigenvalue weighted by Gasteiger charge is 2.24. The lowest BCUT2D eigenvalue weighted by Crippen LogP contribution is -2.32. The molecule has 0 unspecified atom stereocenters. The largest absolute Gasteiger partial charge is 0.310 e. The highest BCUT2D eigenvalue weighted by atomic mass is 15.3. The minimum absolute atomic E-state index is 0.120. The number of aryl methyl sites for hydroxylation is 1. The average Bonchev–Trinajstić information content (AvgIpc) is 2.93. The van der Waals surface area contributed by atoms with E-state index in [-0.39, 0.29) is 5.41 Å². The fourth-order valence-electron chi connectivity index (χ4n) is 3.19. The second-order valence-corrected chi connectivity index (χ2v) is 7.14. The molecule has 1 N–H and O–H groups in total. The third-order valence-electron chi connectivity index (χ3n) is 4.34. The molecule has 1 fully saturated rings. The van der Waals surface area contributed by atoms with Crippen molar-refractivity contribution >= 4 is 0 Å². The second-order valence-electron chi connectivity index (χ2n) is 7.14. The van der Waals surface area contributed by atoms with Crippen LogP contribution in [-0.4, -0.2) is 15.8 Å². The molecular weight excluding hydrogens is 234 g/mol. The first-order valence-corrected chi connectivity index (χ1v) is 7.64. The smallest absolute Gasteiger partial charge is 0.0722 e. The lowest BCUT2D eigenvalue weighted by molar-refractivity contribution is 0.379. The minimum atomic E-state index is 0.120. The summed E-state index contributed by atoms with van der Waals surface area (Å²) in [5.74, 6) is 0.870. The van der Waals surface area contributed by atoms with Gasteiger partial charge in [0.15, 0.2) is 0 Å². The Morgan fingerprint density at radius 2 is 2.00 bits per heavy atom. The zero-order valence-corrected chi connectivity index (χ0v) is 13.2. The minimum Gasteiger partial charge on any atom is -0.310 e. The van der Waals surface area contributed by atoms with Gasteiger partial charge in [-0.15, -0.1) is 0 Å². The van der Waals surface area contributed by atoms with Crippen LogP contribution < -0.4 is 5.32 Å². The topological polar surface area (TPSA) is 29.9 Å². The van der Waals surface area contributed by atoms with Crippen LogP contribution in [-0.2, 0) is 19.0 Å². The number of aromatic nitrogens is 2. The lowest BCUT2D eigenvalue weighted by Gasteiger charge is -2.22. The molecule has 1 atom stereocenters. The first-order chi connectivity index (χ1) is 8.88. The van der Waals surface area contributed by atoms with Crippen molar-refractivity contribution < 1.29 is 0 Å². The average molecular weight is 263 g/mol. The molecule has 1 saturated carbocycles. The van der Waals surface area contributed by atoms with Crippen molar-refractivity contribution in [2.75, 3.05) is 0 Å². The number of hydrogen-bond donors (Lipinski definition) is 1. The van der Waals surface area contributed by atoms with Crippen LogP contribution in [0.1, 0.15) is 64.6 Å². The van der Waals surface area contributed by atoms with E-state index in [2.05, 4.69) is 44.3 Å². The molecule has 1 aromatic rings. The van der Waals surface area contributed by atoms with Crippen molar-refractivity contribution in [2.24, 2.45) is 13.0 Å². The molecule has 19 heavy (non-hydrogen) atoms. The molecule has 0 aromatic carbocycles. The summed E-state index contributed by atoms with van der Waals surface area (Å²) in [5, 5.41) is 8.35. The zero-order chi connectivity index (χ0) is 14.0.